The van der Waals surface area contributed by atoms with E-state index in [2.05, 4.69) is 4.90 Å². The number of nitrogens with zero attached hydrogens (tertiary/aromatic N) is 1. The molecule has 1 aliphatic heterocycles. The molecule has 0 amide bonds. The van der Waals surface area contributed by atoms with Gasteiger partial charge in [-0.2, -0.15) is 0 Å². The largest absolute Gasteiger partial charge is 0.469 e. The molecule has 1 fully saturated rings. The minimum atomic E-state index is -0.135. The Morgan fingerprint density at radius 3 is 2.94 bits per heavy atom. The van der Waals surface area contributed by atoms with Crippen molar-refractivity contribution < 1.29 is 14.3 Å². The normalized spacial score (nSPS) is 22.4. The Hall–Kier alpha value is -0.610. The Kier molecular flexibility index (Phi) is 5.77. The molecule has 1 aliphatic rings. The Bertz CT molecular complexity index is 214. The van der Waals surface area contributed by atoms with Crippen molar-refractivity contribution in [2.45, 2.75) is 32.3 Å². The van der Waals surface area contributed by atoms with Crippen molar-refractivity contribution in [3.63, 3.8) is 0 Å². The highest BCUT2D eigenvalue weighted by Gasteiger charge is 2.18. The van der Waals surface area contributed by atoms with Gasteiger partial charge in [-0.3, -0.25) is 4.79 Å². The van der Waals surface area contributed by atoms with Crippen LogP contribution in [0.4, 0.5) is 0 Å². The number of carbonyl (C=O) groups excluding carboxylic acids is 1. The van der Waals surface area contributed by atoms with Gasteiger partial charge in [0.15, 0.2) is 0 Å². The van der Waals surface area contributed by atoms with Crippen LogP contribution in [0.5, 0.6) is 0 Å². The van der Waals surface area contributed by atoms with E-state index in [-0.39, 0.29) is 11.9 Å². The van der Waals surface area contributed by atoms with Crippen molar-refractivity contribution in [1.82, 2.24) is 4.90 Å². The molecule has 0 saturated carbocycles. The third-order valence-corrected chi connectivity index (χ3v) is 3.05. The average molecular weight is 229 g/mol. The lowest BCUT2D eigenvalue weighted by molar-refractivity contribution is -0.145. The fourth-order valence-electron chi connectivity index (χ4n) is 2.07. The third-order valence-electron chi connectivity index (χ3n) is 3.05. The fourth-order valence-corrected chi connectivity index (χ4v) is 2.07. The summed E-state index contributed by atoms with van der Waals surface area (Å²) < 4.78 is 10.3. The molecule has 1 rings (SSSR count). The molecule has 0 aliphatic carbocycles. The van der Waals surface area contributed by atoms with Gasteiger partial charge in [0, 0.05) is 19.7 Å². The third kappa shape index (κ3) is 4.49. The number of ether oxygens (including phenoxy) is 2. The maximum atomic E-state index is 11.2. The van der Waals surface area contributed by atoms with Crippen molar-refractivity contribution in [3.8, 4) is 0 Å². The lowest BCUT2D eigenvalue weighted by Gasteiger charge is -2.21. The van der Waals surface area contributed by atoms with E-state index < -0.39 is 0 Å². The molecule has 2 unspecified atom stereocenters. The summed E-state index contributed by atoms with van der Waals surface area (Å²) in [4.78, 5) is 13.4. The van der Waals surface area contributed by atoms with Crippen LogP contribution in [0.25, 0.3) is 0 Å². The van der Waals surface area contributed by atoms with E-state index >= 15 is 0 Å². The van der Waals surface area contributed by atoms with Crippen LogP contribution >= 0.6 is 0 Å². The zero-order valence-corrected chi connectivity index (χ0v) is 10.6. The molecule has 0 bridgehead atoms. The molecule has 2 atom stereocenters. The highest BCUT2D eigenvalue weighted by Crippen LogP contribution is 2.15. The zero-order valence-electron chi connectivity index (χ0n) is 10.6. The SMILES string of the molecule is COC(=O)C(C)CN(C)CCC1CCCO1. The summed E-state index contributed by atoms with van der Waals surface area (Å²) in [7, 11) is 3.47. The number of esters is 1. The van der Waals surface area contributed by atoms with Gasteiger partial charge in [-0.25, -0.2) is 0 Å². The summed E-state index contributed by atoms with van der Waals surface area (Å²) in [6.07, 6.45) is 3.86. The predicted octanol–water partition coefficient (Wildman–Crippen LogP) is 1.30. The summed E-state index contributed by atoms with van der Waals surface area (Å²) in [6, 6.07) is 0. The smallest absolute Gasteiger partial charge is 0.309 e. The quantitative estimate of drug-likeness (QED) is 0.643. The number of hydrogen-bond donors (Lipinski definition) is 0. The van der Waals surface area contributed by atoms with Crippen molar-refractivity contribution >= 4 is 5.97 Å². The second-order valence-electron chi connectivity index (χ2n) is 4.61. The first-order valence-corrected chi connectivity index (χ1v) is 6.01. The van der Waals surface area contributed by atoms with Gasteiger partial charge < -0.3 is 14.4 Å². The molecule has 16 heavy (non-hydrogen) atoms. The summed E-state index contributed by atoms with van der Waals surface area (Å²) in [6.45, 7) is 4.53. The van der Waals surface area contributed by atoms with Crippen LogP contribution in [0.1, 0.15) is 26.2 Å². The number of carbonyl (C=O) groups is 1. The Balaban J connectivity index is 2.14. The van der Waals surface area contributed by atoms with E-state index in [1.165, 1.54) is 20.0 Å². The lowest BCUT2D eigenvalue weighted by Crippen LogP contribution is -2.31. The molecule has 4 nitrogen and oxygen atoms in total. The molecular weight excluding hydrogens is 206 g/mol. The van der Waals surface area contributed by atoms with Gasteiger partial charge in [0.2, 0.25) is 0 Å². The Morgan fingerprint density at radius 2 is 2.38 bits per heavy atom. The molecule has 0 aromatic carbocycles. The van der Waals surface area contributed by atoms with E-state index in [0.717, 1.165) is 26.1 Å². The van der Waals surface area contributed by atoms with Crippen LogP contribution in [0.15, 0.2) is 0 Å². The van der Waals surface area contributed by atoms with E-state index in [0.29, 0.717) is 6.10 Å². The topological polar surface area (TPSA) is 38.8 Å². The Labute approximate surface area is 97.9 Å². The summed E-state index contributed by atoms with van der Waals surface area (Å²) in [5, 5.41) is 0. The van der Waals surface area contributed by atoms with E-state index in [9.17, 15) is 4.79 Å². The summed E-state index contributed by atoms with van der Waals surface area (Å²) >= 11 is 0. The molecule has 1 saturated heterocycles. The van der Waals surface area contributed by atoms with Crippen LogP contribution in [0.2, 0.25) is 0 Å². The second kappa shape index (κ2) is 6.86. The van der Waals surface area contributed by atoms with Gasteiger partial charge in [-0.05, 0) is 26.3 Å². The zero-order chi connectivity index (χ0) is 12.0. The molecule has 0 spiro atoms. The van der Waals surface area contributed by atoms with Crippen LogP contribution in [0.3, 0.4) is 0 Å². The molecule has 0 N–H and O–H groups in total. The monoisotopic (exact) mass is 229 g/mol. The average Bonchev–Trinajstić information content (AvgIpc) is 2.78. The van der Waals surface area contributed by atoms with E-state index in [1.54, 1.807) is 0 Å². The van der Waals surface area contributed by atoms with E-state index in [4.69, 9.17) is 9.47 Å². The number of hydrogen-bond acceptors (Lipinski definition) is 4. The van der Waals surface area contributed by atoms with Gasteiger partial charge >= 0.3 is 5.97 Å². The van der Waals surface area contributed by atoms with Crippen LogP contribution in [-0.2, 0) is 14.3 Å². The van der Waals surface area contributed by atoms with Crippen LogP contribution in [0, 0.1) is 5.92 Å². The van der Waals surface area contributed by atoms with Crippen LogP contribution in [-0.4, -0.2) is 50.8 Å². The molecule has 1 heterocycles. The van der Waals surface area contributed by atoms with Crippen LogP contribution < -0.4 is 0 Å². The molecule has 94 valence electrons. The van der Waals surface area contributed by atoms with E-state index in [1.807, 2.05) is 14.0 Å². The van der Waals surface area contributed by atoms with Gasteiger partial charge in [-0.1, -0.05) is 6.92 Å². The van der Waals surface area contributed by atoms with Gasteiger partial charge in [0.1, 0.15) is 0 Å². The summed E-state index contributed by atoms with van der Waals surface area (Å²) in [5.41, 5.74) is 0. The lowest BCUT2D eigenvalue weighted by atomic mass is 10.1. The molecular formula is C12H23NO3. The Morgan fingerprint density at radius 1 is 1.62 bits per heavy atom. The predicted molar refractivity (Wildman–Crippen MR) is 62.3 cm³/mol. The van der Waals surface area contributed by atoms with Crippen molar-refractivity contribution in [2.24, 2.45) is 5.92 Å². The fraction of sp³-hybridized carbons (Fsp3) is 0.917. The first-order valence-electron chi connectivity index (χ1n) is 6.01. The maximum absolute atomic E-state index is 11.2. The minimum absolute atomic E-state index is 0.0560. The van der Waals surface area contributed by atoms with Gasteiger partial charge in [-0.15, -0.1) is 0 Å². The number of methoxy groups -OCH3 is 1. The van der Waals surface area contributed by atoms with Crippen molar-refractivity contribution in [2.75, 3.05) is 33.9 Å². The molecule has 4 heteroatoms. The molecule has 0 radical (unpaired) electrons. The maximum Gasteiger partial charge on any atom is 0.309 e. The van der Waals surface area contributed by atoms with Crippen molar-refractivity contribution in [3.05, 3.63) is 0 Å². The van der Waals surface area contributed by atoms with Crippen molar-refractivity contribution in [1.29, 1.82) is 0 Å². The second-order valence-corrected chi connectivity index (χ2v) is 4.61. The molecule has 0 aromatic rings. The summed E-state index contributed by atoms with van der Waals surface area (Å²) in [5.74, 6) is -0.191. The first-order chi connectivity index (χ1) is 7.63. The molecule has 0 aromatic heterocycles. The number of rotatable bonds is 6. The highest BCUT2D eigenvalue weighted by atomic mass is 16.5. The van der Waals surface area contributed by atoms with Gasteiger partial charge in [0.25, 0.3) is 0 Å². The first kappa shape index (κ1) is 13.5. The minimum Gasteiger partial charge on any atom is -0.469 e. The standard InChI is InChI=1S/C12H23NO3/c1-10(12(14)15-3)9-13(2)7-6-11-5-4-8-16-11/h10-11H,4-9H2,1-3H3. The highest BCUT2D eigenvalue weighted by molar-refractivity contribution is 5.71. The van der Waals surface area contributed by atoms with Gasteiger partial charge in [0.05, 0.1) is 19.1 Å².